The molecule has 1 atom stereocenters. The van der Waals surface area contributed by atoms with Crippen LogP contribution in [0.2, 0.25) is 0 Å². The van der Waals surface area contributed by atoms with Gasteiger partial charge >= 0.3 is 0 Å². The summed E-state index contributed by atoms with van der Waals surface area (Å²) in [5.74, 6) is -0.886. The van der Waals surface area contributed by atoms with E-state index in [1.807, 2.05) is 0 Å². The topological polar surface area (TPSA) is 26.0 Å². The van der Waals surface area contributed by atoms with Gasteiger partial charge < -0.3 is 5.73 Å². The van der Waals surface area contributed by atoms with Crippen LogP contribution in [0.3, 0.4) is 0 Å². The van der Waals surface area contributed by atoms with Crippen LogP contribution in [-0.2, 0) is 6.42 Å². The van der Waals surface area contributed by atoms with Crippen molar-refractivity contribution in [2.75, 3.05) is 0 Å². The number of hydrogen-bond donors (Lipinski definition) is 1. The minimum atomic E-state index is -0.461. The van der Waals surface area contributed by atoms with Gasteiger partial charge in [-0.25, -0.2) is 8.78 Å². The van der Waals surface area contributed by atoms with E-state index >= 15 is 0 Å². The van der Waals surface area contributed by atoms with Gasteiger partial charge in [-0.05, 0) is 41.4 Å². The van der Waals surface area contributed by atoms with Crippen molar-refractivity contribution in [3.63, 3.8) is 0 Å². The summed E-state index contributed by atoms with van der Waals surface area (Å²) < 4.78 is 26.3. The summed E-state index contributed by atoms with van der Waals surface area (Å²) in [4.78, 5) is 0. The summed E-state index contributed by atoms with van der Waals surface area (Å²) in [5.41, 5.74) is 5.80. The Morgan fingerprint density at radius 3 is 2.46 bits per heavy atom. The molecule has 13 heavy (non-hydrogen) atoms. The summed E-state index contributed by atoms with van der Waals surface area (Å²) in [5, 5.41) is 0. The van der Waals surface area contributed by atoms with Crippen molar-refractivity contribution in [3.8, 4) is 0 Å². The molecule has 0 aliphatic rings. The molecule has 72 valence electrons. The Balaban J connectivity index is 3.10. The van der Waals surface area contributed by atoms with Crippen LogP contribution in [-0.4, -0.2) is 6.04 Å². The number of rotatable bonds is 2. The normalized spacial score (nSPS) is 13.0. The monoisotopic (exact) mass is 249 g/mol. The van der Waals surface area contributed by atoms with E-state index in [-0.39, 0.29) is 10.5 Å². The lowest BCUT2D eigenvalue weighted by atomic mass is 10.1. The average Bonchev–Trinajstić information content (AvgIpc) is 2.05. The van der Waals surface area contributed by atoms with Crippen LogP contribution in [0.1, 0.15) is 12.5 Å². The highest BCUT2D eigenvalue weighted by molar-refractivity contribution is 9.10. The second kappa shape index (κ2) is 4.15. The maximum atomic E-state index is 13.1. The number of hydrogen-bond acceptors (Lipinski definition) is 1. The molecule has 0 aliphatic carbocycles. The Morgan fingerprint density at radius 2 is 1.92 bits per heavy atom. The zero-order valence-electron chi connectivity index (χ0n) is 7.15. The Kier molecular flexibility index (Phi) is 3.39. The Bertz CT molecular complexity index is 313. The van der Waals surface area contributed by atoms with Gasteiger partial charge in [-0.3, -0.25) is 0 Å². The second-order valence-corrected chi connectivity index (χ2v) is 3.80. The van der Waals surface area contributed by atoms with Crippen molar-refractivity contribution in [1.82, 2.24) is 0 Å². The highest BCUT2D eigenvalue weighted by atomic mass is 79.9. The molecule has 2 N–H and O–H groups in total. The first-order valence-electron chi connectivity index (χ1n) is 3.90. The maximum absolute atomic E-state index is 13.1. The first kappa shape index (κ1) is 10.6. The third-order valence-corrected chi connectivity index (χ3v) is 2.52. The zero-order chi connectivity index (χ0) is 10.0. The van der Waals surface area contributed by atoms with Crippen LogP contribution in [0.15, 0.2) is 16.6 Å². The van der Waals surface area contributed by atoms with Crippen molar-refractivity contribution < 1.29 is 8.78 Å². The third-order valence-electron chi connectivity index (χ3n) is 1.67. The zero-order valence-corrected chi connectivity index (χ0v) is 8.74. The minimum Gasteiger partial charge on any atom is -0.328 e. The molecule has 1 unspecified atom stereocenters. The van der Waals surface area contributed by atoms with Gasteiger partial charge in [0.05, 0.1) is 4.47 Å². The number of benzene rings is 1. The van der Waals surface area contributed by atoms with Crippen molar-refractivity contribution in [2.24, 2.45) is 5.73 Å². The standard InChI is InChI=1S/C9H10BrF2N/c1-5(13)4-6-7(11)2-3-8(12)9(6)10/h2-3,5H,4,13H2,1H3. The van der Waals surface area contributed by atoms with Gasteiger partial charge in [0, 0.05) is 11.6 Å². The average molecular weight is 250 g/mol. The van der Waals surface area contributed by atoms with Gasteiger partial charge in [0.2, 0.25) is 0 Å². The van der Waals surface area contributed by atoms with E-state index in [0.717, 1.165) is 12.1 Å². The van der Waals surface area contributed by atoms with E-state index in [4.69, 9.17) is 5.73 Å². The summed E-state index contributed by atoms with van der Waals surface area (Å²) in [7, 11) is 0. The van der Waals surface area contributed by atoms with E-state index in [1.165, 1.54) is 0 Å². The summed E-state index contributed by atoms with van der Waals surface area (Å²) in [6.07, 6.45) is 0.324. The van der Waals surface area contributed by atoms with Gasteiger partial charge in [0.25, 0.3) is 0 Å². The van der Waals surface area contributed by atoms with Crippen molar-refractivity contribution in [3.05, 3.63) is 33.8 Å². The molecular formula is C9H10BrF2N. The Hall–Kier alpha value is -0.480. The van der Waals surface area contributed by atoms with E-state index in [1.54, 1.807) is 6.92 Å². The molecule has 0 spiro atoms. The molecule has 0 bridgehead atoms. The van der Waals surface area contributed by atoms with Crippen LogP contribution in [0, 0.1) is 11.6 Å². The van der Waals surface area contributed by atoms with E-state index in [2.05, 4.69) is 15.9 Å². The summed E-state index contributed by atoms with van der Waals surface area (Å²) in [6.45, 7) is 1.75. The van der Waals surface area contributed by atoms with Gasteiger partial charge in [-0.2, -0.15) is 0 Å². The maximum Gasteiger partial charge on any atom is 0.137 e. The first-order valence-corrected chi connectivity index (χ1v) is 4.69. The third kappa shape index (κ3) is 2.48. The molecule has 0 aromatic heterocycles. The lowest BCUT2D eigenvalue weighted by Crippen LogP contribution is -2.19. The molecular weight excluding hydrogens is 240 g/mol. The van der Waals surface area contributed by atoms with Gasteiger partial charge in [0.15, 0.2) is 0 Å². The van der Waals surface area contributed by atoms with Crippen molar-refractivity contribution in [1.29, 1.82) is 0 Å². The lowest BCUT2D eigenvalue weighted by molar-refractivity contribution is 0.569. The Morgan fingerprint density at radius 1 is 1.38 bits per heavy atom. The Labute approximate surface area is 84.1 Å². The fraction of sp³-hybridized carbons (Fsp3) is 0.333. The smallest absolute Gasteiger partial charge is 0.137 e. The van der Waals surface area contributed by atoms with Crippen LogP contribution < -0.4 is 5.73 Å². The van der Waals surface area contributed by atoms with Crippen LogP contribution in [0.25, 0.3) is 0 Å². The number of halogens is 3. The largest absolute Gasteiger partial charge is 0.328 e. The van der Waals surface area contributed by atoms with Crippen LogP contribution in [0.5, 0.6) is 0 Å². The molecule has 1 aromatic rings. The molecule has 0 radical (unpaired) electrons. The quantitative estimate of drug-likeness (QED) is 0.802. The van der Waals surface area contributed by atoms with Crippen LogP contribution in [0.4, 0.5) is 8.78 Å². The predicted molar refractivity (Wildman–Crippen MR) is 51.4 cm³/mol. The lowest BCUT2D eigenvalue weighted by Gasteiger charge is -2.09. The van der Waals surface area contributed by atoms with E-state index in [0.29, 0.717) is 12.0 Å². The molecule has 0 amide bonds. The minimum absolute atomic E-state index is 0.171. The highest BCUT2D eigenvalue weighted by Gasteiger charge is 2.12. The van der Waals surface area contributed by atoms with E-state index < -0.39 is 11.6 Å². The molecule has 4 heteroatoms. The van der Waals surface area contributed by atoms with Crippen molar-refractivity contribution >= 4 is 15.9 Å². The molecule has 0 aliphatic heterocycles. The fourth-order valence-corrected chi connectivity index (χ4v) is 1.56. The number of nitrogens with two attached hydrogens (primary N) is 1. The van der Waals surface area contributed by atoms with Gasteiger partial charge in [-0.1, -0.05) is 0 Å². The van der Waals surface area contributed by atoms with Crippen molar-refractivity contribution in [2.45, 2.75) is 19.4 Å². The summed E-state index contributed by atoms with van der Waals surface area (Å²) in [6, 6.07) is 2.01. The molecule has 0 fully saturated rings. The molecule has 1 nitrogen and oxygen atoms in total. The van der Waals surface area contributed by atoms with Gasteiger partial charge in [-0.15, -0.1) is 0 Å². The second-order valence-electron chi connectivity index (χ2n) is 3.00. The fourth-order valence-electron chi connectivity index (χ4n) is 1.08. The molecule has 0 saturated heterocycles. The van der Waals surface area contributed by atoms with Crippen LogP contribution >= 0.6 is 15.9 Å². The molecule has 1 aromatic carbocycles. The highest BCUT2D eigenvalue weighted by Crippen LogP contribution is 2.24. The SMILES string of the molecule is CC(N)Cc1c(F)ccc(F)c1Br. The van der Waals surface area contributed by atoms with E-state index in [9.17, 15) is 8.78 Å². The molecule has 1 rings (SSSR count). The van der Waals surface area contributed by atoms with Gasteiger partial charge in [0.1, 0.15) is 11.6 Å². The molecule has 0 heterocycles. The predicted octanol–water partition coefficient (Wildman–Crippen LogP) is 2.62. The summed E-state index contributed by atoms with van der Waals surface area (Å²) >= 11 is 2.99. The molecule has 0 saturated carbocycles. The first-order chi connectivity index (χ1) is 6.02.